The molecule has 41 heavy (non-hydrogen) atoms. The molecule has 9 heteroatoms. The van der Waals surface area contributed by atoms with Gasteiger partial charge >= 0.3 is 5.97 Å². The highest BCUT2D eigenvalue weighted by Crippen LogP contribution is 2.44. The molecule has 0 spiro atoms. The quantitative estimate of drug-likeness (QED) is 0.178. The van der Waals surface area contributed by atoms with Gasteiger partial charge in [-0.1, -0.05) is 71.2 Å². The van der Waals surface area contributed by atoms with Gasteiger partial charge in [0, 0.05) is 11.6 Å². The third kappa shape index (κ3) is 5.94. The summed E-state index contributed by atoms with van der Waals surface area (Å²) in [4.78, 5) is 12.8. The molecule has 0 fully saturated rings. The number of rotatable bonds is 7. The van der Waals surface area contributed by atoms with Crippen LogP contribution >= 0.6 is 23.2 Å². The number of carbonyl (C=O) groups excluding carboxylic acids is 1. The van der Waals surface area contributed by atoms with Crippen LogP contribution < -0.4 is 24.7 Å². The third-order valence-electron chi connectivity index (χ3n) is 6.56. The number of hydrogen-bond donors (Lipinski definition) is 1. The van der Waals surface area contributed by atoms with Gasteiger partial charge in [0.2, 0.25) is 5.88 Å². The molecule has 0 bridgehead atoms. The van der Waals surface area contributed by atoms with Gasteiger partial charge in [0.05, 0.1) is 28.6 Å². The Bertz CT molecular complexity index is 1690. The maximum absolute atomic E-state index is 12.8. The average Bonchev–Trinajstić information content (AvgIpc) is 2.96. The number of esters is 1. The van der Waals surface area contributed by atoms with Crippen molar-refractivity contribution < 1.29 is 23.7 Å². The number of nitrogens with two attached hydrogens (primary N) is 1. The van der Waals surface area contributed by atoms with Gasteiger partial charge in [-0.05, 0) is 48.4 Å². The Balaban J connectivity index is 1.41. The highest BCUT2D eigenvalue weighted by molar-refractivity contribution is 6.37. The van der Waals surface area contributed by atoms with Gasteiger partial charge in [-0.25, -0.2) is 4.79 Å². The number of hydrogen-bond acceptors (Lipinski definition) is 7. The van der Waals surface area contributed by atoms with Gasteiger partial charge < -0.3 is 24.7 Å². The Labute approximate surface area is 247 Å². The summed E-state index contributed by atoms with van der Waals surface area (Å²) in [5.41, 5.74) is 10.3. The second-order valence-electron chi connectivity index (χ2n) is 9.33. The fraction of sp³-hybridized carbons (Fsp3) is 0.125. The summed E-state index contributed by atoms with van der Waals surface area (Å²) >= 11 is 12.3. The van der Waals surface area contributed by atoms with Crippen LogP contribution in [0.1, 0.15) is 38.5 Å². The van der Waals surface area contributed by atoms with E-state index in [1.54, 1.807) is 18.2 Å². The number of halogens is 2. The largest absolute Gasteiger partial charge is 0.494 e. The van der Waals surface area contributed by atoms with E-state index in [9.17, 15) is 10.1 Å². The molecule has 4 aromatic carbocycles. The molecule has 0 amide bonds. The summed E-state index contributed by atoms with van der Waals surface area (Å²) in [5.74, 6) is 0.243. The van der Waals surface area contributed by atoms with E-state index in [1.165, 1.54) is 24.8 Å². The molecule has 5 rings (SSSR count). The van der Waals surface area contributed by atoms with E-state index in [4.69, 9.17) is 47.9 Å². The van der Waals surface area contributed by atoms with E-state index in [2.05, 4.69) is 6.07 Å². The van der Waals surface area contributed by atoms with Crippen molar-refractivity contribution in [3.8, 4) is 29.1 Å². The van der Waals surface area contributed by atoms with Crippen molar-refractivity contribution in [3.05, 3.63) is 128 Å². The van der Waals surface area contributed by atoms with Crippen molar-refractivity contribution in [2.24, 2.45) is 5.73 Å². The summed E-state index contributed by atoms with van der Waals surface area (Å²) in [6, 6.07) is 25.5. The Hall–Kier alpha value is -4.64. The Morgan fingerprint density at radius 2 is 1.73 bits per heavy atom. The zero-order valence-corrected chi connectivity index (χ0v) is 23.6. The molecule has 0 aromatic heterocycles. The number of methoxy groups -OCH3 is 1. The van der Waals surface area contributed by atoms with Crippen LogP contribution in [0.25, 0.3) is 0 Å². The first-order valence-electron chi connectivity index (χ1n) is 12.5. The standard InChI is InChI=1S/C32H24Cl2N2O5/c1-18-6-8-19(9-7-18)17-39-22-5-3-4-20(12-22)29-24-11-10-23(15-28(24)41-31(36)25(29)16-35)40-32(37)21-13-26(33)30(38-2)27(34)14-21/h3-15,29H,17,36H2,1-2H3. The molecule has 1 unspecified atom stereocenters. The molecule has 1 atom stereocenters. The first kappa shape index (κ1) is 27.9. The number of nitriles is 1. The van der Waals surface area contributed by atoms with Crippen molar-refractivity contribution >= 4 is 29.2 Å². The van der Waals surface area contributed by atoms with E-state index < -0.39 is 11.9 Å². The lowest BCUT2D eigenvalue weighted by atomic mass is 9.83. The molecule has 7 nitrogen and oxygen atoms in total. The van der Waals surface area contributed by atoms with Gasteiger partial charge in [-0.2, -0.15) is 5.26 Å². The van der Waals surface area contributed by atoms with E-state index in [0.29, 0.717) is 23.7 Å². The third-order valence-corrected chi connectivity index (χ3v) is 7.12. The lowest BCUT2D eigenvalue weighted by molar-refractivity contribution is 0.0734. The number of fused-ring (bicyclic) bond motifs is 1. The first-order valence-corrected chi connectivity index (χ1v) is 13.3. The minimum atomic E-state index is -0.677. The van der Waals surface area contributed by atoms with E-state index >= 15 is 0 Å². The topological polar surface area (TPSA) is 104 Å². The van der Waals surface area contributed by atoms with Crippen molar-refractivity contribution in [1.82, 2.24) is 0 Å². The van der Waals surface area contributed by atoms with Gasteiger partial charge in [0.1, 0.15) is 35.5 Å². The van der Waals surface area contributed by atoms with Gasteiger partial charge in [-0.15, -0.1) is 0 Å². The highest BCUT2D eigenvalue weighted by Gasteiger charge is 2.31. The summed E-state index contributed by atoms with van der Waals surface area (Å²) in [6.07, 6.45) is 0. The van der Waals surface area contributed by atoms with Crippen LogP contribution in [0.15, 0.2) is 90.3 Å². The summed E-state index contributed by atoms with van der Waals surface area (Å²) in [5, 5.41) is 10.3. The van der Waals surface area contributed by atoms with Crippen molar-refractivity contribution in [2.75, 3.05) is 7.11 Å². The maximum Gasteiger partial charge on any atom is 0.343 e. The van der Waals surface area contributed by atoms with Crippen molar-refractivity contribution in [3.63, 3.8) is 0 Å². The average molecular weight is 587 g/mol. The molecule has 0 aliphatic carbocycles. The minimum Gasteiger partial charge on any atom is -0.494 e. The van der Waals surface area contributed by atoms with Crippen LogP contribution in [0.2, 0.25) is 10.0 Å². The molecule has 0 saturated carbocycles. The van der Waals surface area contributed by atoms with Crippen LogP contribution in [0.5, 0.6) is 23.0 Å². The molecular formula is C32H24Cl2N2O5. The monoisotopic (exact) mass is 586 g/mol. The SMILES string of the molecule is COc1c(Cl)cc(C(=O)Oc2ccc3c(c2)OC(N)=C(C#N)C3c2cccc(OCc3ccc(C)cc3)c2)cc1Cl. The van der Waals surface area contributed by atoms with Crippen LogP contribution in [0, 0.1) is 18.3 Å². The number of aryl methyl sites for hydroxylation is 1. The lowest BCUT2D eigenvalue weighted by Crippen LogP contribution is -2.21. The van der Waals surface area contributed by atoms with Crippen LogP contribution in [0.3, 0.4) is 0 Å². The molecule has 206 valence electrons. The zero-order chi connectivity index (χ0) is 29.1. The summed E-state index contributed by atoms with van der Waals surface area (Å²) < 4.78 is 22.5. The summed E-state index contributed by atoms with van der Waals surface area (Å²) in [6.45, 7) is 2.43. The predicted molar refractivity (Wildman–Crippen MR) is 156 cm³/mol. The van der Waals surface area contributed by atoms with Crippen molar-refractivity contribution in [2.45, 2.75) is 19.4 Å². The molecule has 1 aliphatic rings. The number of ether oxygens (including phenoxy) is 4. The molecule has 1 heterocycles. The summed E-state index contributed by atoms with van der Waals surface area (Å²) in [7, 11) is 1.43. The smallest absolute Gasteiger partial charge is 0.343 e. The van der Waals surface area contributed by atoms with Gasteiger partial charge in [-0.3, -0.25) is 0 Å². The molecule has 0 saturated heterocycles. The molecule has 0 radical (unpaired) electrons. The molecule has 2 N–H and O–H groups in total. The maximum atomic E-state index is 12.8. The van der Waals surface area contributed by atoms with Gasteiger partial charge in [0.15, 0.2) is 5.75 Å². The number of benzene rings is 4. The Morgan fingerprint density at radius 3 is 2.41 bits per heavy atom. The Morgan fingerprint density at radius 1 is 1.00 bits per heavy atom. The van der Waals surface area contributed by atoms with Gasteiger partial charge in [0.25, 0.3) is 0 Å². The van der Waals surface area contributed by atoms with Crippen molar-refractivity contribution in [1.29, 1.82) is 5.26 Å². The second-order valence-corrected chi connectivity index (χ2v) is 10.1. The van der Waals surface area contributed by atoms with E-state index in [-0.39, 0.29) is 38.6 Å². The fourth-order valence-corrected chi connectivity index (χ4v) is 5.16. The molecular weight excluding hydrogens is 563 g/mol. The van der Waals surface area contributed by atoms with E-state index in [1.807, 2.05) is 55.5 Å². The predicted octanol–water partition coefficient (Wildman–Crippen LogP) is 7.33. The molecule has 4 aromatic rings. The molecule has 1 aliphatic heterocycles. The highest BCUT2D eigenvalue weighted by atomic mass is 35.5. The number of nitrogens with zero attached hydrogens (tertiary/aromatic N) is 1. The second kappa shape index (κ2) is 11.8. The fourth-order valence-electron chi connectivity index (χ4n) is 4.52. The minimum absolute atomic E-state index is 0.0341. The first-order chi connectivity index (χ1) is 19.8. The number of carbonyl (C=O) groups is 1. The zero-order valence-electron chi connectivity index (χ0n) is 22.1. The normalized spacial score (nSPS) is 14.0. The van der Waals surface area contributed by atoms with E-state index in [0.717, 1.165) is 11.1 Å². The number of allylic oxidation sites excluding steroid dienone is 1. The van der Waals surface area contributed by atoms with Crippen LogP contribution in [0.4, 0.5) is 0 Å². The lowest BCUT2D eigenvalue weighted by Gasteiger charge is -2.27. The Kier molecular flexibility index (Phi) is 8.06. The van der Waals surface area contributed by atoms with Crippen LogP contribution in [-0.2, 0) is 6.61 Å². The van der Waals surface area contributed by atoms with Crippen LogP contribution in [-0.4, -0.2) is 13.1 Å².